The molecule has 0 radical (unpaired) electrons. The molecular formula is C16H10ClFN4O. The van der Waals surface area contributed by atoms with Crippen LogP contribution in [0.3, 0.4) is 0 Å². The first-order valence-electron chi connectivity index (χ1n) is 6.86. The minimum atomic E-state index is -0.319. The maximum Gasteiger partial charge on any atom is 0.266 e. The van der Waals surface area contributed by atoms with Crippen molar-refractivity contribution in [2.75, 3.05) is 0 Å². The van der Waals surface area contributed by atoms with Gasteiger partial charge < -0.3 is 4.42 Å². The summed E-state index contributed by atoms with van der Waals surface area (Å²) < 4.78 is 20.5. The predicted octanol–water partition coefficient (Wildman–Crippen LogP) is 4.15. The van der Waals surface area contributed by atoms with Crippen molar-refractivity contribution in [2.24, 2.45) is 0 Å². The minimum absolute atomic E-state index is 0.316. The minimum Gasteiger partial charge on any atom is -0.415 e. The Balaban J connectivity index is 1.84. The highest BCUT2D eigenvalue weighted by Crippen LogP contribution is 2.28. The number of aromatic nitrogens is 4. The molecule has 0 aliphatic rings. The zero-order valence-electron chi connectivity index (χ0n) is 12.0. The fourth-order valence-electron chi connectivity index (χ4n) is 2.42. The fourth-order valence-corrected chi connectivity index (χ4v) is 2.58. The summed E-state index contributed by atoms with van der Waals surface area (Å²) >= 11 is 6.05. The first-order chi connectivity index (χ1) is 11.1. The Morgan fingerprint density at radius 3 is 2.57 bits per heavy atom. The van der Waals surface area contributed by atoms with Gasteiger partial charge in [0.25, 0.3) is 5.89 Å². The van der Waals surface area contributed by atoms with Crippen LogP contribution in [-0.2, 0) is 0 Å². The van der Waals surface area contributed by atoms with Crippen molar-refractivity contribution >= 4 is 17.2 Å². The van der Waals surface area contributed by atoms with Crippen LogP contribution < -0.4 is 0 Å². The molecule has 0 fully saturated rings. The third kappa shape index (κ3) is 2.37. The number of hydrogen-bond donors (Lipinski definition) is 0. The van der Waals surface area contributed by atoms with Crippen LogP contribution in [0.15, 0.2) is 47.0 Å². The van der Waals surface area contributed by atoms with Gasteiger partial charge in [-0.15, -0.1) is 10.2 Å². The maximum absolute atomic E-state index is 13.0. The second kappa shape index (κ2) is 5.17. The number of nitrogens with zero attached hydrogens (tertiary/aromatic N) is 4. The average molecular weight is 329 g/mol. The lowest BCUT2D eigenvalue weighted by Crippen LogP contribution is -1.89. The highest BCUT2D eigenvalue weighted by Gasteiger charge is 2.18. The number of hydrogen-bond acceptors (Lipinski definition) is 4. The second-order valence-corrected chi connectivity index (χ2v) is 5.48. The summed E-state index contributed by atoms with van der Waals surface area (Å²) in [6.45, 7) is 1.86. The van der Waals surface area contributed by atoms with Crippen molar-refractivity contribution in [3.05, 3.63) is 59.1 Å². The summed E-state index contributed by atoms with van der Waals surface area (Å²) in [5, 5.41) is 8.69. The zero-order valence-corrected chi connectivity index (χ0v) is 12.8. The van der Waals surface area contributed by atoms with Crippen LogP contribution in [0.25, 0.3) is 28.7 Å². The molecule has 114 valence electrons. The van der Waals surface area contributed by atoms with Crippen LogP contribution in [0.1, 0.15) is 5.69 Å². The Kier molecular flexibility index (Phi) is 3.12. The van der Waals surface area contributed by atoms with E-state index in [0.717, 1.165) is 11.3 Å². The van der Waals surface area contributed by atoms with Gasteiger partial charge in [-0.25, -0.2) is 9.37 Å². The summed E-state index contributed by atoms with van der Waals surface area (Å²) in [7, 11) is 0. The summed E-state index contributed by atoms with van der Waals surface area (Å²) in [5.74, 6) is 0.328. The van der Waals surface area contributed by atoms with E-state index >= 15 is 0 Å². The largest absolute Gasteiger partial charge is 0.415 e. The molecule has 3 aromatic heterocycles. The van der Waals surface area contributed by atoms with Crippen LogP contribution in [-0.4, -0.2) is 19.6 Å². The van der Waals surface area contributed by atoms with Gasteiger partial charge in [0.2, 0.25) is 5.89 Å². The normalized spacial score (nSPS) is 11.3. The van der Waals surface area contributed by atoms with E-state index in [1.807, 2.05) is 13.0 Å². The van der Waals surface area contributed by atoms with Crippen LogP contribution in [0.2, 0.25) is 5.02 Å². The zero-order chi connectivity index (χ0) is 16.0. The lowest BCUT2D eigenvalue weighted by Gasteiger charge is -1.99. The Bertz CT molecular complexity index is 1010. The monoisotopic (exact) mass is 328 g/mol. The van der Waals surface area contributed by atoms with Gasteiger partial charge in [0.1, 0.15) is 17.2 Å². The smallest absolute Gasteiger partial charge is 0.266 e. The third-order valence-corrected chi connectivity index (χ3v) is 3.70. The second-order valence-electron chi connectivity index (χ2n) is 5.04. The molecule has 0 amide bonds. The number of rotatable bonds is 2. The Morgan fingerprint density at radius 1 is 1.04 bits per heavy atom. The Morgan fingerprint density at radius 2 is 1.78 bits per heavy atom. The highest BCUT2D eigenvalue weighted by molar-refractivity contribution is 6.30. The molecule has 0 N–H and O–H groups in total. The molecule has 4 aromatic rings. The topological polar surface area (TPSA) is 56.2 Å². The van der Waals surface area contributed by atoms with Gasteiger partial charge >= 0.3 is 0 Å². The van der Waals surface area contributed by atoms with E-state index in [-0.39, 0.29) is 5.82 Å². The van der Waals surface area contributed by atoms with Gasteiger partial charge in [-0.3, -0.25) is 4.40 Å². The Hall–Kier alpha value is -2.73. The number of benzene rings is 1. The number of pyridine rings is 1. The summed E-state index contributed by atoms with van der Waals surface area (Å²) in [6.07, 6.45) is 1.74. The summed E-state index contributed by atoms with van der Waals surface area (Å²) in [5.41, 5.74) is 2.82. The fraction of sp³-hybridized carbons (Fsp3) is 0.0625. The molecule has 23 heavy (non-hydrogen) atoms. The van der Waals surface area contributed by atoms with Gasteiger partial charge in [-0.2, -0.15) is 0 Å². The number of halogens is 2. The van der Waals surface area contributed by atoms with E-state index < -0.39 is 0 Å². The predicted molar refractivity (Wildman–Crippen MR) is 83.6 cm³/mol. The SMILES string of the molecule is Cc1nc2ccc(Cl)cn2c1-c1nnc(-c2ccc(F)cc2)o1. The van der Waals surface area contributed by atoms with Crippen molar-refractivity contribution in [1.29, 1.82) is 0 Å². The molecule has 7 heteroatoms. The number of imidazole rings is 1. The molecule has 0 unspecified atom stereocenters. The van der Waals surface area contributed by atoms with E-state index in [1.54, 1.807) is 28.8 Å². The van der Waals surface area contributed by atoms with Gasteiger partial charge in [-0.05, 0) is 43.3 Å². The number of fused-ring (bicyclic) bond motifs is 1. The molecular weight excluding hydrogens is 319 g/mol. The van der Waals surface area contributed by atoms with Gasteiger partial charge in [0.15, 0.2) is 0 Å². The quantitative estimate of drug-likeness (QED) is 0.554. The molecule has 0 saturated heterocycles. The molecule has 4 rings (SSSR count). The third-order valence-electron chi connectivity index (χ3n) is 3.48. The van der Waals surface area contributed by atoms with Crippen molar-refractivity contribution < 1.29 is 8.81 Å². The molecule has 1 aromatic carbocycles. The molecule has 0 aliphatic heterocycles. The van der Waals surface area contributed by atoms with Crippen molar-refractivity contribution in [2.45, 2.75) is 6.92 Å². The molecule has 0 spiro atoms. The van der Waals surface area contributed by atoms with E-state index in [1.165, 1.54) is 12.1 Å². The molecule has 0 bridgehead atoms. The van der Waals surface area contributed by atoms with E-state index in [4.69, 9.17) is 16.0 Å². The van der Waals surface area contributed by atoms with E-state index in [0.29, 0.717) is 28.1 Å². The van der Waals surface area contributed by atoms with E-state index in [9.17, 15) is 4.39 Å². The standard InChI is InChI=1S/C16H10ClFN4O/c1-9-14(22-8-11(17)4-7-13(22)19-9)16-21-20-15(23-16)10-2-5-12(18)6-3-10/h2-8H,1H3. The van der Waals surface area contributed by atoms with Crippen molar-refractivity contribution in [3.63, 3.8) is 0 Å². The molecule has 0 atom stereocenters. The van der Waals surface area contributed by atoms with Crippen molar-refractivity contribution in [3.8, 4) is 23.0 Å². The molecule has 0 saturated carbocycles. The number of aryl methyl sites for hydroxylation is 1. The van der Waals surface area contributed by atoms with Crippen LogP contribution in [0, 0.1) is 12.7 Å². The van der Waals surface area contributed by atoms with Crippen molar-refractivity contribution in [1.82, 2.24) is 19.6 Å². The first kappa shape index (κ1) is 13.9. The van der Waals surface area contributed by atoms with Crippen LogP contribution >= 0.6 is 11.6 Å². The highest BCUT2D eigenvalue weighted by atomic mass is 35.5. The lowest BCUT2D eigenvalue weighted by atomic mass is 10.2. The summed E-state index contributed by atoms with van der Waals surface area (Å²) in [6, 6.07) is 9.45. The van der Waals surface area contributed by atoms with Crippen LogP contribution in [0.4, 0.5) is 4.39 Å². The van der Waals surface area contributed by atoms with E-state index in [2.05, 4.69) is 15.2 Å². The molecule has 0 aliphatic carbocycles. The molecule has 5 nitrogen and oxygen atoms in total. The van der Waals surface area contributed by atoms with Crippen LogP contribution in [0.5, 0.6) is 0 Å². The first-order valence-corrected chi connectivity index (χ1v) is 7.23. The van der Waals surface area contributed by atoms with Gasteiger partial charge in [-0.1, -0.05) is 11.6 Å². The Labute approximate surface area is 135 Å². The van der Waals surface area contributed by atoms with Gasteiger partial charge in [0.05, 0.1) is 10.7 Å². The van der Waals surface area contributed by atoms with Gasteiger partial charge in [0, 0.05) is 11.8 Å². The average Bonchev–Trinajstić information content (AvgIpc) is 3.11. The molecule has 3 heterocycles. The lowest BCUT2D eigenvalue weighted by molar-refractivity contribution is 0.580. The maximum atomic E-state index is 13.0. The summed E-state index contributed by atoms with van der Waals surface area (Å²) in [4.78, 5) is 4.45.